The van der Waals surface area contributed by atoms with Gasteiger partial charge >= 0.3 is 8.56 Å². The Morgan fingerprint density at radius 3 is 1.62 bits per heavy atom. The van der Waals surface area contributed by atoms with E-state index in [9.17, 15) is 0 Å². The van der Waals surface area contributed by atoms with Gasteiger partial charge in [-0.05, 0) is 30.8 Å². The quantitative estimate of drug-likeness (QED) is 0.223. The Bertz CT molecular complexity index is 282. The van der Waals surface area contributed by atoms with E-state index in [0.717, 1.165) is 18.7 Å². The van der Waals surface area contributed by atoms with Crippen molar-refractivity contribution in [1.29, 1.82) is 0 Å². The lowest BCUT2D eigenvalue weighted by atomic mass is 9.91. The SMILES string of the molecule is CCCCCCCCCCCO[Si](CC)(CC)OC(C)C(C)(C)C. The van der Waals surface area contributed by atoms with Gasteiger partial charge < -0.3 is 8.85 Å². The molecule has 0 aliphatic carbocycles. The van der Waals surface area contributed by atoms with Crippen molar-refractivity contribution in [3.05, 3.63) is 0 Å². The molecule has 0 aliphatic heterocycles. The van der Waals surface area contributed by atoms with Crippen molar-refractivity contribution < 1.29 is 8.85 Å². The molecule has 0 radical (unpaired) electrons. The monoisotopic (exact) mass is 358 g/mol. The maximum absolute atomic E-state index is 6.50. The van der Waals surface area contributed by atoms with Crippen LogP contribution in [0.4, 0.5) is 0 Å². The molecule has 0 saturated carbocycles. The van der Waals surface area contributed by atoms with E-state index in [0.29, 0.717) is 0 Å². The van der Waals surface area contributed by atoms with Crippen LogP contribution in [0.3, 0.4) is 0 Å². The first-order chi connectivity index (χ1) is 11.3. The lowest BCUT2D eigenvalue weighted by molar-refractivity contribution is 0.0517. The predicted octanol–water partition coefficient (Wildman–Crippen LogP) is 7.47. The van der Waals surface area contributed by atoms with Gasteiger partial charge in [-0.2, -0.15) is 0 Å². The van der Waals surface area contributed by atoms with Gasteiger partial charge in [0.1, 0.15) is 0 Å². The van der Waals surface area contributed by atoms with Gasteiger partial charge in [0, 0.05) is 12.7 Å². The Kier molecular flexibility index (Phi) is 13.4. The van der Waals surface area contributed by atoms with Crippen molar-refractivity contribution in [3.8, 4) is 0 Å². The molecule has 24 heavy (non-hydrogen) atoms. The standard InChI is InChI=1S/C21H46O2Si/c1-8-11-12-13-14-15-16-17-18-19-22-24(9-2,10-3)23-20(4)21(5,6)7/h20H,8-19H2,1-7H3. The van der Waals surface area contributed by atoms with Gasteiger partial charge in [-0.15, -0.1) is 0 Å². The molecule has 0 heterocycles. The highest BCUT2D eigenvalue weighted by molar-refractivity contribution is 6.67. The minimum absolute atomic E-state index is 0.184. The van der Waals surface area contributed by atoms with Crippen molar-refractivity contribution in [2.45, 2.75) is 124 Å². The smallest absolute Gasteiger partial charge is 0.337 e. The van der Waals surface area contributed by atoms with Crippen LogP contribution in [0.15, 0.2) is 0 Å². The number of hydrogen-bond donors (Lipinski definition) is 0. The number of hydrogen-bond acceptors (Lipinski definition) is 2. The fourth-order valence-electron chi connectivity index (χ4n) is 2.82. The third kappa shape index (κ3) is 10.9. The molecule has 0 fully saturated rings. The van der Waals surface area contributed by atoms with E-state index in [1.54, 1.807) is 0 Å². The second-order valence-corrected chi connectivity index (χ2v) is 12.2. The normalized spacial score (nSPS) is 14.1. The minimum Gasteiger partial charge on any atom is -0.394 e. The summed E-state index contributed by atoms with van der Waals surface area (Å²) in [5.41, 5.74) is 0.184. The Balaban J connectivity index is 3.93. The molecular weight excluding hydrogens is 312 g/mol. The van der Waals surface area contributed by atoms with Crippen LogP contribution in [0.5, 0.6) is 0 Å². The average molecular weight is 359 g/mol. The Morgan fingerprint density at radius 1 is 0.750 bits per heavy atom. The van der Waals surface area contributed by atoms with Crippen LogP contribution in [0, 0.1) is 5.41 Å². The van der Waals surface area contributed by atoms with Crippen molar-refractivity contribution >= 4 is 8.56 Å². The van der Waals surface area contributed by atoms with E-state index in [1.807, 2.05) is 0 Å². The molecular formula is C21H46O2Si. The highest BCUT2D eigenvalue weighted by Gasteiger charge is 2.38. The average Bonchev–Trinajstić information content (AvgIpc) is 2.54. The minimum atomic E-state index is -2.01. The van der Waals surface area contributed by atoms with Gasteiger partial charge in [0.05, 0.1) is 0 Å². The summed E-state index contributed by atoms with van der Waals surface area (Å²) in [6.45, 7) is 16.6. The van der Waals surface area contributed by atoms with E-state index >= 15 is 0 Å². The highest BCUT2D eigenvalue weighted by Crippen LogP contribution is 2.29. The second kappa shape index (κ2) is 13.4. The zero-order valence-electron chi connectivity index (χ0n) is 17.9. The molecule has 0 aromatic rings. The van der Waals surface area contributed by atoms with Crippen molar-refractivity contribution in [3.63, 3.8) is 0 Å². The van der Waals surface area contributed by atoms with E-state index in [-0.39, 0.29) is 11.5 Å². The summed E-state index contributed by atoms with van der Waals surface area (Å²) in [7, 11) is -2.01. The number of rotatable bonds is 15. The molecule has 0 saturated heterocycles. The lowest BCUT2D eigenvalue weighted by Gasteiger charge is -2.37. The van der Waals surface area contributed by atoms with Gasteiger partial charge in [0.25, 0.3) is 0 Å². The topological polar surface area (TPSA) is 18.5 Å². The van der Waals surface area contributed by atoms with Gasteiger partial charge in [-0.25, -0.2) is 0 Å². The molecule has 0 aromatic heterocycles. The van der Waals surface area contributed by atoms with Crippen LogP contribution < -0.4 is 0 Å². The first kappa shape index (κ1) is 24.1. The third-order valence-corrected chi connectivity index (χ3v) is 8.97. The summed E-state index contributed by atoms with van der Waals surface area (Å²) in [4.78, 5) is 0. The van der Waals surface area contributed by atoms with Crippen molar-refractivity contribution in [2.75, 3.05) is 6.61 Å². The summed E-state index contributed by atoms with van der Waals surface area (Å²) < 4.78 is 12.9. The molecule has 0 spiro atoms. The maximum atomic E-state index is 6.50. The van der Waals surface area contributed by atoms with Crippen molar-refractivity contribution in [2.24, 2.45) is 5.41 Å². The summed E-state index contributed by atoms with van der Waals surface area (Å²) in [5.74, 6) is 0. The third-order valence-electron chi connectivity index (χ3n) is 5.30. The Labute approximate surface area is 154 Å². The molecule has 0 aliphatic rings. The van der Waals surface area contributed by atoms with Crippen LogP contribution in [0.2, 0.25) is 12.1 Å². The lowest BCUT2D eigenvalue weighted by Crippen LogP contribution is -2.46. The first-order valence-corrected chi connectivity index (χ1v) is 12.9. The molecule has 0 aromatic carbocycles. The molecule has 0 rings (SSSR count). The molecule has 0 bridgehead atoms. The highest BCUT2D eigenvalue weighted by atomic mass is 28.4. The van der Waals surface area contributed by atoms with Crippen LogP contribution in [-0.2, 0) is 8.85 Å². The van der Waals surface area contributed by atoms with Crippen LogP contribution in [0.1, 0.15) is 106 Å². The molecule has 0 N–H and O–H groups in total. The van der Waals surface area contributed by atoms with Gasteiger partial charge in [-0.3, -0.25) is 0 Å². The van der Waals surface area contributed by atoms with E-state index in [4.69, 9.17) is 8.85 Å². The molecule has 1 unspecified atom stereocenters. The fourth-order valence-corrected chi connectivity index (χ4v) is 5.65. The second-order valence-electron chi connectivity index (χ2n) is 8.42. The van der Waals surface area contributed by atoms with Crippen molar-refractivity contribution in [1.82, 2.24) is 0 Å². The van der Waals surface area contributed by atoms with Crippen LogP contribution in [0.25, 0.3) is 0 Å². The zero-order valence-corrected chi connectivity index (χ0v) is 18.9. The molecule has 0 amide bonds. The summed E-state index contributed by atoms with van der Waals surface area (Å²) in [5, 5.41) is 0. The first-order valence-electron chi connectivity index (χ1n) is 10.6. The maximum Gasteiger partial charge on any atom is 0.337 e. The Hall–Kier alpha value is 0.137. The van der Waals surface area contributed by atoms with E-state index in [2.05, 4.69) is 48.5 Å². The predicted molar refractivity (Wildman–Crippen MR) is 110 cm³/mol. The largest absolute Gasteiger partial charge is 0.394 e. The van der Waals surface area contributed by atoms with Gasteiger partial charge in [-0.1, -0.05) is 92.9 Å². The Morgan fingerprint density at radius 2 is 1.21 bits per heavy atom. The van der Waals surface area contributed by atoms with E-state index < -0.39 is 8.56 Å². The summed E-state index contributed by atoms with van der Waals surface area (Å²) in [6, 6.07) is 2.11. The summed E-state index contributed by atoms with van der Waals surface area (Å²) in [6.07, 6.45) is 12.5. The molecule has 146 valence electrons. The number of unbranched alkanes of at least 4 members (excludes halogenated alkanes) is 8. The van der Waals surface area contributed by atoms with Crippen LogP contribution in [-0.4, -0.2) is 21.3 Å². The molecule has 3 heteroatoms. The zero-order chi connectivity index (χ0) is 18.5. The van der Waals surface area contributed by atoms with Crippen LogP contribution >= 0.6 is 0 Å². The molecule has 1 atom stereocenters. The van der Waals surface area contributed by atoms with E-state index in [1.165, 1.54) is 57.8 Å². The van der Waals surface area contributed by atoms with Gasteiger partial charge in [0.2, 0.25) is 0 Å². The summed E-state index contributed by atoms with van der Waals surface area (Å²) >= 11 is 0. The van der Waals surface area contributed by atoms with Gasteiger partial charge in [0.15, 0.2) is 0 Å². The molecule has 2 nitrogen and oxygen atoms in total. The fraction of sp³-hybridized carbons (Fsp3) is 1.00.